The number of hydrogen-bond acceptors (Lipinski definition) is 4. The minimum Gasteiger partial charge on any atom is -0.447 e. The average molecular weight is 260 g/mol. The van der Waals surface area contributed by atoms with E-state index in [1.807, 2.05) is 20.8 Å². The van der Waals surface area contributed by atoms with E-state index >= 15 is 0 Å². The van der Waals surface area contributed by atoms with E-state index in [2.05, 4.69) is 4.72 Å². The lowest BCUT2D eigenvalue weighted by molar-refractivity contribution is 0.397. The van der Waals surface area contributed by atoms with Crippen LogP contribution in [0.1, 0.15) is 33.0 Å². The number of nitrogens with one attached hydrogen (secondary N) is 1. The van der Waals surface area contributed by atoms with Gasteiger partial charge in [0.25, 0.3) is 10.0 Å². The van der Waals surface area contributed by atoms with Gasteiger partial charge in [-0.1, -0.05) is 20.3 Å². The van der Waals surface area contributed by atoms with Gasteiger partial charge < -0.3 is 10.2 Å². The quantitative estimate of drug-likeness (QED) is 0.810. The zero-order chi connectivity index (χ0) is 13.1. The van der Waals surface area contributed by atoms with Crippen LogP contribution in [0.4, 0.5) is 0 Å². The number of sulfonamides is 1. The van der Waals surface area contributed by atoms with Crippen molar-refractivity contribution in [1.29, 1.82) is 0 Å². The van der Waals surface area contributed by atoms with Crippen LogP contribution in [0.2, 0.25) is 0 Å². The Morgan fingerprint density at radius 1 is 1.41 bits per heavy atom. The molecule has 0 aliphatic carbocycles. The topological polar surface area (TPSA) is 85.3 Å². The molecule has 2 unspecified atom stereocenters. The highest BCUT2D eigenvalue weighted by atomic mass is 32.2. The van der Waals surface area contributed by atoms with E-state index in [0.29, 0.717) is 5.76 Å². The summed E-state index contributed by atoms with van der Waals surface area (Å²) in [4.78, 5) is 0. The second-order valence-electron chi connectivity index (χ2n) is 4.22. The molecule has 6 heteroatoms. The summed E-state index contributed by atoms with van der Waals surface area (Å²) in [6, 6.07) is 2.87. The molecule has 0 radical (unpaired) electrons. The molecule has 0 amide bonds. The van der Waals surface area contributed by atoms with Gasteiger partial charge in [-0.15, -0.1) is 0 Å². The van der Waals surface area contributed by atoms with E-state index in [0.717, 1.165) is 6.42 Å². The Labute approximate surface area is 102 Å². The summed E-state index contributed by atoms with van der Waals surface area (Å²) >= 11 is 0. The monoisotopic (exact) mass is 260 g/mol. The molecule has 1 aromatic rings. The Morgan fingerprint density at radius 3 is 2.53 bits per heavy atom. The summed E-state index contributed by atoms with van der Waals surface area (Å²) in [5, 5.41) is -0.0758. The Morgan fingerprint density at radius 2 is 2.06 bits per heavy atom. The summed E-state index contributed by atoms with van der Waals surface area (Å²) in [7, 11) is -3.58. The third kappa shape index (κ3) is 3.55. The number of rotatable bonds is 6. The van der Waals surface area contributed by atoms with E-state index < -0.39 is 10.0 Å². The molecule has 2 atom stereocenters. The maximum Gasteiger partial charge on any atom is 0.274 e. The van der Waals surface area contributed by atoms with Crippen molar-refractivity contribution in [3.63, 3.8) is 0 Å². The number of hydrogen-bond donors (Lipinski definition) is 2. The molecule has 0 saturated heterocycles. The number of furan rings is 1. The molecule has 1 rings (SSSR count). The Balaban J connectivity index is 2.81. The zero-order valence-electron chi connectivity index (χ0n) is 10.4. The van der Waals surface area contributed by atoms with E-state index in [1.165, 1.54) is 6.07 Å². The van der Waals surface area contributed by atoms with Crippen LogP contribution >= 0.6 is 0 Å². The molecule has 98 valence electrons. The van der Waals surface area contributed by atoms with Gasteiger partial charge in [-0.25, -0.2) is 13.1 Å². The highest BCUT2D eigenvalue weighted by Crippen LogP contribution is 2.16. The average Bonchev–Trinajstić information content (AvgIpc) is 2.76. The van der Waals surface area contributed by atoms with E-state index in [4.69, 9.17) is 10.2 Å². The first-order valence-electron chi connectivity index (χ1n) is 5.71. The van der Waals surface area contributed by atoms with Crippen molar-refractivity contribution >= 4 is 10.0 Å². The molecule has 0 aliphatic rings. The van der Waals surface area contributed by atoms with E-state index in [1.54, 1.807) is 6.07 Å². The van der Waals surface area contributed by atoms with Crippen LogP contribution in [0.25, 0.3) is 0 Å². The van der Waals surface area contributed by atoms with Gasteiger partial charge in [0.05, 0.1) is 6.54 Å². The molecule has 0 fully saturated rings. The van der Waals surface area contributed by atoms with Gasteiger partial charge in [-0.3, -0.25) is 0 Å². The van der Waals surface area contributed by atoms with Gasteiger partial charge in [0.2, 0.25) is 5.09 Å². The van der Waals surface area contributed by atoms with Crippen molar-refractivity contribution in [2.75, 3.05) is 0 Å². The molecular weight excluding hydrogens is 240 g/mol. The summed E-state index contributed by atoms with van der Waals surface area (Å²) in [5.74, 6) is 0.732. The van der Waals surface area contributed by atoms with Gasteiger partial charge in [0.15, 0.2) is 0 Å². The molecule has 0 aromatic carbocycles. The van der Waals surface area contributed by atoms with Crippen molar-refractivity contribution in [2.45, 2.75) is 44.9 Å². The summed E-state index contributed by atoms with van der Waals surface area (Å²) < 4.78 is 31.6. The first-order chi connectivity index (χ1) is 7.90. The lowest BCUT2D eigenvalue weighted by Crippen LogP contribution is -2.36. The molecule has 1 aromatic heterocycles. The fourth-order valence-corrected chi connectivity index (χ4v) is 2.69. The smallest absolute Gasteiger partial charge is 0.274 e. The second kappa shape index (κ2) is 5.66. The highest BCUT2D eigenvalue weighted by Gasteiger charge is 2.23. The molecule has 3 N–H and O–H groups in total. The van der Waals surface area contributed by atoms with Crippen LogP contribution in [0, 0.1) is 5.92 Å². The first kappa shape index (κ1) is 14.2. The zero-order valence-corrected chi connectivity index (χ0v) is 11.3. The van der Waals surface area contributed by atoms with Crippen LogP contribution in [-0.2, 0) is 16.6 Å². The van der Waals surface area contributed by atoms with Crippen LogP contribution < -0.4 is 10.5 Å². The predicted octanol–water partition coefficient (Wildman–Crippen LogP) is 1.45. The van der Waals surface area contributed by atoms with Gasteiger partial charge in [-0.05, 0) is 25.0 Å². The van der Waals surface area contributed by atoms with Crippen LogP contribution in [0.15, 0.2) is 21.6 Å². The van der Waals surface area contributed by atoms with Gasteiger partial charge >= 0.3 is 0 Å². The Bertz CT molecular complexity index is 453. The third-order valence-electron chi connectivity index (χ3n) is 2.94. The van der Waals surface area contributed by atoms with Crippen molar-refractivity contribution < 1.29 is 12.8 Å². The van der Waals surface area contributed by atoms with Gasteiger partial charge in [0, 0.05) is 6.04 Å². The summed E-state index contributed by atoms with van der Waals surface area (Å²) in [5.41, 5.74) is 5.37. The maximum atomic E-state index is 11.9. The van der Waals surface area contributed by atoms with Crippen LogP contribution in [0.3, 0.4) is 0 Å². The van der Waals surface area contributed by atoms with Crippen molar-refractivity contribution in [3.8, 4) is 0 Å². The standard InChI is InChI=1S/C11H20N2O3S/c1-4-8(2)9(3)13-17(14,15)11-6-5-10(7-12)16-11/h5-6,8-9,13H,4,7,12H2,1-3H3. The summed E-state index contributed by atoms with van der Waals surface area (Å²) in [6.07, 6.45) is 0.913. The third-order valence-corrected chi connectivity index (χ3v) is 4.37. The van der Waals surface area contributed by atoms with Crippen molar-refractivity contribution in [3.05, 3.63) is 17.9 Å². The maximum absolute atomic E-state index is 11.9. The molecule has 1 heterocycles. The second-order valence-corrected chi connectivity index (χ2v) is 5.87. The van der Waals surface area contributed by atoms with Gasteiger partial charge in [0.1, 0.15) is 5.76 Å². The SMILES string of the molecule is CCC(C)C(C)NS(=O)(=O)c1ccc(CN)o1. The Kier molecular flexibility index (Phi) is 4.73. The fourth-order valence-electron chi connectivity index (χ4n) is 1.38. The largest absolute Gasteiger partial charge is 0.447 e. The van der Waals surface area contributed by atoms with E-state index in [9.17, 15) is 8.42 Å². The lowest BCUT2D eigenvalue weighted by Gasteiger charge is -2.18. The minimum atomic E-state index is -3.58. The van der Waals surface area contributed by atoms with Crippen molar-refractivity contribution in [2.24, 2.45) is 11.7 Å². The van der Waals surface area contributed by atoms with E-state index in [-0.39, 0.29) is 23.6 Å². The van der Waals surface area contributed by atoms with Gasteiger partial charge in [-0.2, -0.15) is 0 Å². The molecule has 0 spiro atoms. The first-order valence-corrected chi connectivity index (χ1v) is 7.20. The molecule has 17 heavy (non-hydrogen) atoms. The molecule has 0 saturated carbocycles. The summed E-state index contributed by atoms with van der Waals surface area (Å²) in [6.45, 7) is 6.06. The van der Waals surface area contributed by atoms with Crippen LogP contribution in [0.5, 0.6) is 0 Å². The predicted molar refractivity (Wildman–Crippen MR) is 65.8 cm³/mol. The molecule has 0 bridgehead atoms. The lowest BCUT2D eigenvalue weighted by atomic mass is 10.0. The Hall–Kier alpha value is -0.850. The molecule has 5 nitrogen and oxygen atoms in total. The van der Waals surface area contributed by atoms with Crippen LogP contribution in [-0.4, -0.2) is 14.5 Å². The number of nitrogens with two attached hydrogens (primary N) is 1. The molecular formula is C11H20N2O3S. The normalized spacial score (nSPS) is 15.8. The minimum absolute atomic E-state index is 0.0758. The van der Waals surface area contributed by atoms with Crippen molar-refractivity contribution in [1.82, 2.24) is 4.72 Å². The highest BCUT2D eigenvalue weighted by molar-refractivity contribution is 7.89. The molecule has 0 aliphatic heterocycles. The fraction of sp³-hybridized carbons (Fsp3) is 0.636.